The zero-order chi connectivity index (χ0) is 22.3. The van der Waals surface area contributed by atoms with Gasteiger partial charge in [0.15, 0.2) is 0 Å². The molecule has 32 heavy (non-hydrogen) atoms. The Labute approximate surface area is 191 Å². The van der Waals surface area contributed by atoms with E-state index in [9.17, 15) is 4.79 Å². The summed E-state index contributed by atoms with van der Waals surface area (Å²) in [5.41, 5.74) is 4.31. The third-order valence-electron chi connectivity index (χ3n) is 6.26. The van der Waals surface area contributed by atoms with Gasteiger partial charge in [-0.2, -0.15) is 0 Å². The second kappa shape index (κ2) is 10.7. The van der Waals surface area contributed by atoms with E-state index in [1.54, 1.807) is 0 Å². The van der Waals surface area contributed by atoms with Gasteiger partial charge in [0.2, 0.25) is 5.91 Å². The lowest BCUT2D eigenvalue weighted by Crippen LogP contribution is -2.45. The molecular weight excluding hydrogens is 398 g/mol. The molecule has 6 nitrogen and oxygen atoms in total. The van der Waals surface area contributed by atoms with Crippen LogP contribution in [0.3, 0.4) is 0 Å². The van der Waals surface area contributed by atoms with Crippen molar-refractivity contribution < 1.29 is 4.79 Å². The maximum Gasteiger partial charge on any atom is 0.224 e. The van der Waals surface area contributed by atoms with E-state index in [1.807, 2.05) is 12.1 Å². The number of nitrogens with zero attached hydrogens (tertiary/aromatic N) is 4. The highest BCUT2D eigenvalue weighted by molar-refractivity contribution is 5.93. The van der Waals surface area contributed by atoms with E-state index in [0.29, 0.717) is 6.42 Å². The number of amides is 1. The number of anilines is 1. The van der Waals surface area contributed by atoms with Gasteiger partial charge in [-0.25, -0.2) is 4.98 Å². The molecule has 2 heterocycles. The number of piperazine rings is 1. The van der Waals surface area contributed by atoms with Crippen molar-refractivity contribution in [2.45, 2.75) is 52.7 Å². The topological polar surface area (TPSA) is 53.4 Å². The van der Waals surface area contributed by atoms with Crippen LogP contribution in [0.2, 0.25) is 0 Å². The molecule has 0 saturated carbocycles. The van der Waals surface area contributed by atoms with Crippen molar-refractivity contribution >= 4 is 22.6 Å². The molecule has 6 heteroatoms. The average Bonchev–Trinajstić information content (AvgIpc) is 3.15. The van der Waals surface area contributed by atoms with Crippen LogP contribution in [0.5, 0.6) is 0 Å². The molecule has 0 spiro atoms. The number of unbranched alkanes of at least 4 members (excludes halogenated alkanes) is 1. The highest BCUT2D eigenvalue weighted by Crippen LogP contribution is 2.22. The summed E-state index contributed by atoms with van der Waals surface area (Å²) in [6, 6.07) is 16.8. The SMILES string of the molecule is CCCCC(=O)Nc1ccc2c(c1)nc(CN1CCN(Cc3ccccc3)CC1)n2CC. The number of imidazole rings is 1. The molecule has 0 bridgehead atoms. The second-order valence-electron chi connectivity index (χ2n) is 8.67. The molecule has 1 aliphatic rings. The number of carbonyl (C=O) groups excluding carboxylic acids is 1. The van der Waals surface area contributed by atoms with E-state index in [2.05, 4.69) is 69.9 Å². The van der Waals surface area contributed by atoms with E-state index >= 15 is 0 Å². The highest BCUT2D eigenvalue weighted by atomic mass is 16.1. The second-order valence-corrected chi connectivity index (χ2v) is 8.67. The molecule has 0 radical (unpaired) electrons. The number of aromatic nitrogens is 2. The molecule has 170 valence electrons. The Morgan fingerprint density at radius 2 is 1.69 bits per heavy atom. The van der Waals surface area contributed by atoms with Gasteiger partial charge in [0.05, 0.1) is 17.6 Å². The lowest BCUT2D eigenvalue weighted by Gasteiger charge is -2.34. The fourth-order valence-corrected chi connectivity index (χ4v) is 4.44. The zero-order valence-electron chi connectivity index (χ0n) is 19.4. The van der Waals surface area contributed by atoms with Gasteiger partial charge in [-0.3, -0.25) is 14.6 Å². The Kier molecular flexibility index (Phi) is 7.55. The lowest BCUT2D eigenvalue weighted by atomic mass is 10.2. The predicted octanol–water partition coefficient (Wildman–Crippen LogP) is 4.50. The van der Waals surface area contributed by atoms with Crippen LogP contribution in [0, 0.1) is 0 Å². The summed E-state index contributed by atoms with van der Waals surface area (Å²) in [6.45, 7) is 11.3. The third kappa shape index (κ3) is 5.56. The van der Waals surface area contributed by atoms with Crippen LogP contribution in [-0.4, -0.2) is 51.4 Å². The summed E-state index contributed by atoms with van der Waals surface area (Å²) in [5.74, 6) is 1.18. The Morgan fingerprint density at radius 3 is 2.38 bits per heavy atom. The van der Waals surface area contributed by atoms with Gasteiger partial charge in [0.25, 0.3) is 0 Å². The van der Waals surface area contributed by atoms with Crippen molar-refractivity contribution in [1.82, 2.24) is 19.4 Å². The normalized spacial score (nSPS) is 15.3. The molecule has 0 unspecified atom stereocenters. The van der Waals surface area contributed by atoms with Gasteiger partial charge in [-0.05, 0) is 37.1 Å². The molecule has 2 aromatic carbocycles. The largest absolute Gasteiger partial charge is 0.327 e. The van der Waals surface area contributed by atoms with Gasteiger partial charge >= 0.3 is 0 Å². The fraction of sp³-hybridized carbons (Fsp3) is 0.462. The van der Waals surface area contributed by atoms with E-state index < -0.39 is 0 Å². The van der Waals surface area contributed by atoms with Crippen molar-refractivity contribution in [2.24, 2.45) is 0 Å². The Balaban J connectivity index is 1.39. The number of rotatable bonds is 9. The first kappa shape index (κ1) is 22.5. The van der Waals surface area contributed by atoms with Crippen molar-refractivity contribution in [3.8, 4) is 0 Å². The average molecular weight is 434 g/mol. The molecule has 4 rings (SSSR count). The number of hydrogen-bond acceptors (Lipinski definition) is 4. The number of aryl methyl sites for hydroxylation is 1. The molecule has 1 N–H and O–H groups in total. The minimum absolute atomic E-state index is 0.0784. The minimum atomic E-state index is 0.0784. The molecule has 0 aliphatic carbocycles. The summed E-state index contributed by atoms with van der Waals surface area (Å²) in [4.78, 5) is 22.1. The van der Waals surface area contributed by atoms with Gasteiger partial charge < -0.3 is 9.88 Å². The van der Waals surface area contributed by atoms with E-state index in [0.717, 1.165) is 81.2 Å². The number of nitrogens with one attached hydrogen (secondary N) is 1. The van der Waals surface area contributed by atoms with Gasteiger partial charge in [0, 0.05) is 51.4 Å². The predicted molar refractivity (Wildman–Crippen MR) is 131 cm³/mol. The number of benzene rings is 2. The Bertz CT molecular complexity index is 1020. The van der Waals surface area contributed by atoms with Gasteiger partial charge in [-0.15, -0.1) is 0 Å². The standard InChI is InChI=1S/C26H35N5O/c1-3-5-11-26(32)27-22-12-13-24-23(18-22)28-25(31(24)4-2)20-30-16-14-29(15-17-30)19-21-9-7-6-8-10-21/h6-10,12-13,18H,3-5,11,14-17,19-20H2,1-2H3,(H,27,32). The first-order valence-electron chi connectivity index (χ1n) is 11.9. The summed E-state index contributed by atoms with van der Waals surface area (Å²) < 4.78 is 2.30. The fourth-order valence-electron chi connectivity index (χ4n) is 4.44. The monoisotopic (exact) mass is 433 g/mol. The van der Waals surface area contributed by atoms with Crippen LogP contribution >= 0.6 is 0 Å². The molecular formula is C26H35N5O. The third-order valence-corrected chi connectivity index (χ3v) is 6.26. The van der Waals surface area contributed by atoms with Crippen LogP contribution < -0.4 is 5.32 Å². The molecule has 3 aromatic rings. The maximum absolute atomic E-state index is 12.1. The smallest absolute Gasteiger partial charge is 0.224 e. The zero-order valence-corrected chi connectivity index (χ0v) is 19.4. The van der Waals surface area contributed by atoms with Crippen LogP contribution in [0.1, 0.15) is 44.5 Å². The number of hydrogen-bond donors (Lipinski definition) is 1. The molecule has 1 aliphatic heterocycles. The maximum atomic E-state index is 12.1. The van der Waals surface area contributed by atoms with Gasteiger partial charge in [0.1, 0.15) is 5.82 Å². The number of fused-ring (bicyclic) bond motifs is 1. The number of carbonyl (C=O) groups is 1. The van der Waals surface area contributed by atoms with Crippen LogP contribution in [0.25, 0.3) is 11.0 Å². The molecule has 0 atom stereocenters. The summed E-state index contributed by atoms with van der Waals surface area (Å²) in [5, 5.41) is 3.02. The van der Waals surface area contributed by atoms with Crippen LogP contribution in [0.15, 0.2) is 48.5 Å². The Morgan fingerprint density at radius 1 is 0.969 bits per heavy atom. The van der Waals surface area contributed by atoms with Gasteiger partial charge in [-0.1, -0.05) is 43.7 Å². The van der Waals surface area contributed by atoms with Crippen LogP contribution in [-0.2, 0) is 24.4 Å². The van der Waals surface area contributed by atoms with E-state index in [4.69, 9.17) is 4.98 Å². The molecule has 1 saturated heterocycles. The first-order chi connectivity index (χ1) is 15.7. The van der Waals surface area contributed by atoms with E-state index in [1.165, 1.54) is 5.56 Å². The summed E-state index contributed by atoms with van der Waals surface area (Å²) in [6.07, 6.45) is 2.51. The van der Waals surface area contributed by atoms with Crippen molar-refractivity contribution in [2.75, 3.05) is 31.5 Å². The minimum Gasteiger partial charge on any atom is -0.327 e. The van der Waals surface area contributed by atoms with Crippen molar-refractivity contribution in [3.05, 3.63) is 59.9 Å². The molecule has 1 aromatic heterocycles. The highest BCUT2D eigenvalue weighted by Gasteiger charge is 2.20. The lowest BCUT2D eigenvalue weighted by molar-refractivity contribution is -0.116. The summed E-state index contributed by atoms with van der Waals surface area (Å²) in [7, 11) is 0. The quantitative estimate of drug-likeness (QED) is 0.540. The van der Waals surface area contributed by atoms with E-state index in [-0.39, 0.29) is 5.91 Å². The van der Waals surface area contributed by atoms with Crippen molar-refractivity contribution in [3.63, 3.8) is 0 Å². The molecule has 1 fully saturated rings. The first-order valence-corrected chi connectivity index (χ1v) is 11.9. The van der Waals surface area contributed by atoms with Crippen LogP contribution in [0.4, 0.5) is 5.69 Å². The Hall–Kier alpha value is -2.70. The summed E-state index contributed by atoms with van der Waals surface area (Å²) >= 11 is 0. The molecule has 1 amide bonds. The van der Waals surface area contributed by atoms with Crippen molar-refractivity contribution in [1.29, 1.82) is 0 Å².